The summed E-state index contributed by atoms with van der Waals surface area (Å²) < 4.78 is 6.29. The molecule has 1 aromatic rings. The number of piperazine rings is 1. The van der Waals surface area contributed by atoms with Gasteiger partial charge in [-0.15, -0.1) is 0 Å². The third kappa shape index (κ3) is 3.69. The summed E-state index contributed by atoms with van der Waals surface area (Å²) in [4.78, 5) is 29.8. The molecule has 2 N–H and O–H groups in total. The van der Waals surface area contributed by atoms with Crippen molar-refractivity contribution in [2.75, 3.05) is 32.7 Å². The second kappa shape index (κ2) is 7.73. The first kappa shape index (κ1) is 20.5. The minimum atomic E-state index is -0.355. The lowest BCUT2D eigenvalue weighted by Crippen LogP contribution is -2.66. The van der Waals surface area contributed by atoms with Crippen molar-refractivity contribution in [3.05, 3.63) is 35.4 Å². The Morgan fingerprint density at radius 2 is 1.66 bits per heavy atom. The molecule has 0 spiro atoms. The number of ether oxygens (including phenoxy) is 1. The van der Waals surface area contributed by atoms with Crippen LogP contribution in [-0.4, -0.2) is 65.7 Å². The summed E-state index contributed by atoms with van der Waals surface area (Å²) in [5.74, 6) is 1.35. The Balaban J connectivity index is 1.11. The van der Waals surface area contributed by atoms with Crippen molar-refractivity contribution in [2.24, 2.45) is 11.8 Å². The molecule has 6 aliphatic rings. The van der Waals surface area contributed by atoms with Crippen LogP contribution in [0.15, 0.2) is 24.3 Å². The number of carbonyl (C=O) groups is 2. The van der Waals surface area contributed by atoms with Crippen LogP contribution in [-0.2, 0) is 22.6 Å². The van der Waals surface area contributed by atoms with E-state index in [1.807, 2.05) is 21.9 Å². The van der Waals surface area contributed by atoms with Gasteiger partial charge in [0.1, 0.15) is 5.60 Å². The quantitative estimate of drug-likeness (QED) is 0.754. The molecule has 1 saturated heterocycles. The summed E-state index contributed by atoms with van der Waals surface area (Å²) >= 11 is 0. The maximum Gasteiger partial charge on any atom is 0.410 e. The zero-order chi connectivity index (χ0) is 21.8. The fourth-order valence-electron chi connectivity index (χ4n) is 7.49. The van der Waals surface area contributed by atoms with Crippen molar-refractivity contribution in [3.63, 3.8) is 0 Å². The van der Waals surface area contributed by atoms with Gasteiger partial charge >= 0.3 is 6.09 Å². The predicted molar refractivity (Wildman–Crippen MR) is 120 cm³/mol. The monoisotopic (exact) mass is 438 g/mol. The van der Waals surface area contributed by atoms with E-state index in [1.54, 1.807) is 0 Å². The number of fused-ring (bicyclic) bond motifs is 1. The molecule has 0 radical (unpaired) electrons. The first-order chi connectivity index (χ1) is 15.5. The molecule has 2 aliphatic heterocycles. The van der Waals surface area contributed by atoms with E-state index < -0.39 is 0 Å². The highest BCUT2D eigenvalue weighted by Gasteiger charge is 2.59. The van der Waals surface area contributed by atoms with Gasteiger partial charge in [0.2, 0.25) is 5.91 Å². The second-order valence-electron chi connectivity index (χ2n) is 10.9. The Morgan fingerprint density at radius 1 is 1.00 bits per heavy atom. The van der Waals surface area contributed by atoms with Crippen LogP contribution in [0, 0.1) is 11.8 Å². The summed E-state index contributed by atoms with van der Waals surface area (Å²) in [5.41, 5.74) is 2.09. The molecule has 5 fully saturated rings. The number of benzene rings is 1. The topological polar surface area (TPSA) is 73.9 Å². The number of nitrogens with one attached hydrogen (secondary N) is 2. The van der Waals surface area contributed by atoms with E-state index in [9.17, 15) is 9.59 Å². The Bertz CT molecular complexity index is 873. The fourth-order valence-corrected chi connectivity index (χ4v) is 7.49. The number of nitrogens with zero attached hydrogens (tertiary/aromatic N) is 2. The lowest BCUT2D eigenvalue weighted by Gasteiger charge is -2.61. The average molecular weight is 439 g/mol. The number of rotatable bonds is 4. The van der Waals surface area contributed by atoms with Gasteiger partial charge in [0, 0.05) is 51.2 Å². The zero-order valence-corrected chi connectivity index (χ0v) is 18.8. The van der Waals surface area contributed by atoms with Crippen molar-refractivity contribution in [1.82, 2.24) is 20.4 Å². The maximum atomic E-state index is 13.0. The van der Waals surface area contributed by atoms with Gasteiger partial charge in [-0.2, -0.15) is 0 Å². The third-order valence-electron chi connectivity index (χ3n) is 8.49. The third-order valence-corrected chi connectivity index (χ3v) is 8.49. The Morgan fingerprint density at radius 3 is 2.31 bits per heavy atom. The highest BCUT2D eigenvalue weighted by Crippen LogP contribution is 2.59. The minimum Gasteiger partial charge on any atom is -0.443 e. The van der Waals surface area contributed by atoms with Gasteiger partial charge in [0.05, 0.1) is 6.54 Å². The molecule has 0 aromatic heterocycles. The first-order valence-electron chi connectivity index (χ1n) is 12.3. The van der Waals surface area contributed by atoms with E-state index in [2.05, 4.69) is 22.8 Å². The van der Waals surface area contributed by atoms with Crippen molar-refractivity contribution < 1.29 is 14.3 Å². The van der Waals surface area contributed by atoms with E-state index in [0.717, 1.165) is 58.3 Å². The van der Waals surface area contributed by atoms with E-state index in [0.29, 0.717) is 31.5 Å². The molecule has 2 amide bonds. The van der Waals surface area contributed by atoms with E-state index in [4.69, 9.17) is 4.74 Å². The van der Waals surface area contributed by atoms with Crippen LogP contribution >= 0.6 is 0 Å². The summed E-state index contributed by atoms with van der Waals surface area (Å²) in [6, 6.07) is 8.32. The Hall–Kier alpha value is -2.12. The molecule has 32 heavy (non-hydrogen) atoms. The van der Waals surface area contributed by atoms with E-state index in [1.165, 1.54) is 17.5 Å². The van der Waals surface area contributed by atoms with Crippen molar-refractivity contribution >= 4 is 12.0 Å². The van der Waals surface area contributed by atoms with E-state index >= 15 is 0 Å². The van der Waals surface area contributed by atoms with Gasteiger partial charge < -0.3 is 25.2 Å². The Labute approximate surface area is 189 Å². The molecular weight excluding hydrogens is 404 g/mol. The first-order valence-corrected chi connectivity index (χ1v) is 12.3. The van der Waals surface area contributed by atoms with Gasteiger partial charge in [-0.1, -0.05) is 24.3 Å². The molecule has 1 aromatic carbocycles. The largest absolute Gasteiger partial charge is 0.443 e. The minimum absolute atomic E-state index is 0.0734. The molecule has 4 aliphatic carbocycles. The molecule has 7 nitrogen and oxygen atoms in total. The fraction of sp³-hybridized carbons (Fsp3) is 0.680. The van der Waals surface area contributed by atoms with Crippen LogP contribution in [0.5, 0.6) is 0 Å². The van der Waals surface area contributed by atoms with Crippen LogP contribution in [0.4, 0.5) is 4.79 Å². The standard InChI is InChI=1S/C25H34N4O3/c30-22(29-15-20-3-1-2-4-21(20)16-29)14-27-24-10-18-9-19(11-24)13-25(12-18,17-24)32-23(31)28-7-5-26-6-8-28/h1-4,18-19,26-27H,5-17H2. The molecule has 7 rings (SSSR count). The SMILES string of the molecule is O=C(CNC12CC3CC(C1)CC(OC(=O)N1CCNCC1)(C3)C2)N1Cc2ccccc2C1. The number of hydrogen-bond acceptors (Lipinski definition) is 5. The molecule has 2 heterocycles. The zero-order valence-electron chi connectivity index (χ0n) is 18.8. The molecule has 2 atom stereocenters. The lowest BCUT2D eigenvalue weighted by molar-refractivity contribution is -0.152. The molecule has 7 heteroatoms. The van der Waals surface area contributed by atoms with Gasteiger partial charge in [0.15, 0.2) is 0 Å². The van der Waals surface area contributed by atoms with Gasteiger partial charge in [0.25, 0.3) is 0 Å². The summed E-state index contributed by atoms with van der Waals surface area (Å²) in [6.45, 7) is 4.90. The summed E-state index contributed by atoms with van der Waals surface area (Å²) in [6.07, 6.45) is 6.12. The van der Waals surface area contributed by atoms with Crippen LogP contribution in [0.25, 0.3) is 0 Å². The maximum absolute atomic E-state index is 13.0. The average Bonchev–Trinajstić information content (AvgIpc) is 3.21. The molecule has 172 valence electrons. The molecule has 4 bridgehead atoms. The smallest absolute Gasteiger partial charge is 0.410 e. The summed E-state index contributed by atoms with van der Waals surface area (Å²) in [5, 5.41) is 7.00. The van der Waals surface area contributed by atoms with Crippen molar-refractivity contribution in [3.8, 4) is 0 Å². The predicted octanol–water partition coefficient (Wildman–Crippen LogP) is 2.25. The summed E-state index contributed by atoms with van der Waals surface area (Å²) in [7, 11) is 0. The van der Waals surface area contributed by atoms with Gasteiger partial charge in [-0.25, -0.2) is 4.79 Å². The number of carbonyl (C=O) groups excluding carboxylic acids is 2. The van der Waals surface area contributed by atoms with E-state index in [-0.39, 0.29) is 23.1 Å². The normalized spacial score (nSPS) is 35.1. The van der Waals surface area contributed by atoms with Crippen molar-refractivity contribution in [2.45, 2.75) is 62.8 Å². The van der Waals surface area contributed by atoms with Crippen LogP contribution < -0.4 is 10.6 Å². The van der Waals surface area contributed by atoms with Crippen LogP contribution in [0.2, 0.25) is 0 Å². The van der Waals surface area contributed by atoms with Crippen molar-refractivity contribution in [1.29, 1.82) is 0 Å². The number of hydrogen-bond donors (Lipinski definition) is 2. The van der Waals surface area contributed by atoms with Crippen LogP contribution in [0.3, 0.4) is 0 Å². The van der Waals surface area contributed by atoms with Gasteiger partial charge in [-0.3, -0.25) is 4.79 Å². The molecule has 2 unspecified atom stereocenters. The molecule has 4 saturated carbocycles. The Kier molecular flexibility index (Phi) is 4.95. The highest BCUT2D eigenvalue weighted by atomic mass is 16.6. The lowest BCUT2D eigenvalue weighted by atomic mass is 9.51. The highest BCUT2D eigenvalue weighted by molar-refractivity contribution is 5.79. The van der Waals surface area contributed by atoms with Crippen LogP contribution in [0.1, 0.15) is 49.7 Å². The number of amides is 2. The van der Waals surface area contributed by atoms with Gasteiger partial charge in [-0.05, 0) is 55.1 Å². The molecular formula is C25H34N4O3. The second-order valence-corrected chi connectivity index (χ2v) is 10.9.